The third-order valence-corrected chi connectivity index (χ3v) is 4.94. The molecular formula is C13H20N4OS2. The molecule has 0 atom stereocenters. The van der Waals surface area contributed by atoms with Gasteiger partial charge in [0, 0.05) is 6.54 Å². The van der Waals surface area contributed by atoms with E-state index in [9.17, 15) is 4.79 Å². The summed E-state index contributed by atoms with van der Waals surface area (Å²) in [6.45, 7) is 6.75. The Morgan fingerprint density at radius 3 is 2.65 bits per heavy atom. The monoisotopic (exact) mass is 312 g/mol. The van der Waals surface area contributed by atoms with Crippen molar-refractivity contribution in [2.45, 2.75) is 43.5 Å². The van der Waals surface area contributed by atoms with Crippen molar-refractivity contribution in [1.29, 1.82) is 0 Å². The fourth-order valence-electron chi connectivity index (χ4n) is 1.59. The molecule has 0 saturated heterocycles. The Kier molecular flexibility index (Phi) is 6.82. The molecule has 1 heterocycles. The van der Waals surface area contributed by atoms with Gasteiger partial charge in [-0.3, -0.25) is 4.79 Å². The Labute approximate surface area is 128 Å². The molecule has 0 fully saturated rings. The predicted molar refractivity (Wildman–Crippen MR) is 85.1 cm³/mol. The lowest BCUT2D eigenvalue weighted by molar-refractivity contribution is -0.119. The van der Waals surface area contributed by atoms with E-state index in [2.05, 4.69) is 26.8 Å². The molecule has 0 bridgehead atoms. The lowest BCUT2D eigenvalue weighted by atomic mass is 9.94. The second-order valence-electron chi connectivity index (χ2n) is 4.17. The van der Waals surface area contributed by atoms with Gasteiger partial charge in [-0.1, -0.05) is 42.9 Å². The maximum atomic E-state index is 12.0. The molecule has 0 aliphatic heterocycles. The number of aromatic nitrogens is 2. The van der Waals surface area contributed by atoms with E-state index in [0.29, 0.717) is 5.75 Å². The molecule has 2 N–H and O–H groups in total. The zero-order chi connectivity index (χ0) is 15.0. The minimum Gasteiger partial charge on any atom is -0.360 e. The molecule has 110 valence electrons. The number of rotatable bonds is 8. The molecule has 1 rings (SSSR count). The van der Waals surface area contributed by atoms with Crippen molar-refractivity contribution in [3.05, 3.63) is 0 Å². The van der Waals surface area contributed by atoms with Gasteiger partial charge in [0.25, 0.3) is 0 Å². The summed E-state index contributed by atoms with van der Waals surface area (Å²) in [7, 11) is 0. The molecule has 1 amide bonds. The average Bonchev–Trinajstić information content (AvgIpc) is 2.91. The second-order valence-corrected chi connectivity index (χ2v) is 6.37. The number of anilines is 1. The summed E-state index contributed by atoms with van der Waals surface area (Å²) in [5.41, 5.74) is -0.534. The molecule has 1 aromatic rings. The molecule has 0 aliphatic rings. The Balaban J connectivity index is 2.48. The Bertz CT molecular complexity index is 477. The van der Waals surface area contributed by atoms with Crippen molar-refractivity contribution < 1.29 is 4.79 Å². The van der Waals surface area contributed by atoms with Gasteiger partial charge in [-0.2, -0.15) is 0 Å². The SMILES string of the molecule is C#CC(CC)(CC)NC(=O)CSc1nnc(NCC)s1. The standard InChI is InChI=1S/C13H20N4OS2/c1-5-13(6-2,7-3)15-10(18)9-19-12-17-16-11(20-12)14-8-4/h1H,6-9H2,2-4H3,(H,14,16)(H,15,18). The van der Waals surface area contributed by atoms with E-state index in [1.165, 1.54) is 23.1 Å². The van der Waals surface area contributed by atoms with Crippen LogP contribution in [0.5, 0.6) is 0 Å². The maximum absolute atomic E-state index is 12.0. The molecule has 0 spiro atoms. The summed E-state index contributed by atoms with van der Waals surface area (Å²) in [4.78, 5) is 12.0. The number of thioether (sulfide) groups is 1. The Morgan fingerprint density at radius 2 is 2.10 bits per heavy atom. The molecule has 20 heavy (non-hydrogen) atoms. The maximum Gasteiger partial charge on any atom is 0.231 e. The normalized spacial score (nSPS) is 10.9. The van der Waals surface area contributed by atoms with Crippen molar-refractivity contribution in [3.8, 4) is 12.3 Å². The van der Waals surface area contributed by atoms with Gasteiger partial charge in [0.05, 0.1) is 5.75 Å². The number of hydrogen-bond donors (Lipinski definition) is 2. The quantitative estimate of drug-likeness (QED) is 0.570. The number of nitrogens with zero attached hydrogens (tertiary/aromatic N) is 2. The number of carbonyl (C=O) groups excluding carboxylic acids is 1. The molecule has 0 saturated carbocycles. The minimum absolute atomic E-state index is 0.0724. The van der Waals surface area contributed by atoms with E-state index >= 15 is 0 Å². The fourth-order valence-corrected chi connectivity index (χ4v) is 3.21. The average molecular weight is 312 g/mol. The van der Waals surface area contributed by atoms with Crippen molar-refractivity contribution in [2.24, 2.45) is 0 Å². The van der Waals surface area contributed by atoms with E-state index in [1.54, 1.807) is 0 Å². The first-order valence-corrected chi connectivity index (χ1v) is 8.38. The number of amides is 1. The smallest absolute Gasteiger partial charge is 0.231 e. The van der Waals surface area contributed by atoms with Crippen LogP contribution in [0.3, 0.4) is 0 Å². The van der Waals surface area contributed by atoms with Crippen molar-refractivity contribution in [3.63, 3.8) is 0 Å². The van der Waals surface area contributed by atoms with Crippen LogP contribution in [0.25, 0.3) is 0 Å². The molecule has 0 radical (unpaired) electrons. The summed E-state index contributed by atoms with van der Waals surface area (Å²) < 4.78 is 0.774. The molecule has 1 aromatic heterocycles. The number of nitrogens with one attached hydrogen (secondary N) is 2. The first-order chi connectivity index (χ1) is 9.59. The van der Waals surface area contributed by atoms with Gasteiger partial charge in [-0.15, -0.1) is 16.6 Å². The van der Waals surface area contributed by atoms with Crippen molar-refractivity contribution >= 4 is 34.1 Å². The Morgan fingerprint density at radius 1 is 1.40 bits per heavy atom. The molecule has 0 aliphatic carbocycles. The van der Waals surface area contributed by atoms with Gasteiger partial charge in [-0.05, 0) is 19.8 Å². The van der Waals surface area contributed by atoms with Crippen LogP contribution in [0.4, 0.5) is 5.13 Å². The summed E-state index contributed by atoms with van der Waals surface area (Å²) in [6.07, 6.45) is 6.96. The molecular weight excluding hydrogens is 292 g/mol. The lowest BCUT2D eigenvalue weighted by Crippen LogP contribution is -2.47. The van der Waals surface area contributed by atoms with Crippen LogP contribution in [0, 0.1) is 12.3 Å². The van der Waals surface area contributed by atoms with Crippen LogP contribution in [0.15, 0.2) is 4.34 Å². The van der Waals surface area contributed by atoms with Crippen LogP contribution in [-0.4, -0.2) is 33.9 Å². The number of carbonyl (C=O) groups is 1. The van der Waals surface area contributed by atoms with Crippen molar-refractivity contribution in [2.75, 3.05) is 17.6 Å². The van der Waals surface area contributed by atoms with Gasteiger partial charge in [0.15, 0.2) is 4.34 Å². The van der Waals surface area contributed by atoms with Gasteiger partial charge < -0.3 is 10.6 Å². The zero-order valence-corrected chi connectivity index (χ0v) is 13.7. The molecule has 0 unspecified atom stereocenters. The van der Waals surface area contributed by atoms with Crippen LogP contribution in [-0.2, 0) is 4.79 Å². The third kappa shape index (κ3) is 4.69. The highest BCUT2D eigenvalue weighted by atomic mass is 32.2. The van der Waals surface area contributed by atoms with Crippen LogP contribution in [0.2, 0.25) is 0 Å². The highest BCUT2D eigenvalue weighted by molar-refractivity contribution is 8.01. The highest BCUT2D eigenvalue weighted by Gasteiger charge is 2.25. The highest BCUT2D eigenvalue weighted by Crippen LogP contribution is 2.25. The third-order valence-electron chi connectivity index (χ3n) is 2.92. The molecule has 7 heteroatoms. The van der Waals surface area contributed by atoms with Crippen LogP contribution < -0.4 is 10.6 Å². The van der Waals surface area contributed by atoms with Gasteiger partial charge in [0.2, 0.25) is 11.0 Å². The topological polar surface area (TPSA) is 66.9 Å². The van der Waals surface area contributed by atoms with E-state index in [-0.39, 0.29) is 5.91 Å². The molecule has 5 nitrogen and oxygen atoms in total. The van der Waals surface area contributed by atoms with E-state index in [4.69, 9.17) is 6.42 Å². The van der Waals surface area contributed by atoms with Crippen LogP contribution >= 0.6 is 23.1 Å². The van der Waals surface area contributed by atoms with E-state index in [0.717, 1.165) is 28.9 Å². The fraction of sp³-hybridized carbons (Fsp3) is 0.615. The van der Waals surface area contributed by atoms with Crippen molar-refractivity contribution in [1.82, 2.24) is 15.5 Å². The first kappa shape index (κ1) is 16.8. The lowest BCUT2D eigenvalue weighted by Gasteiger charge is -2.26. The largest absolute Gasteiger partial charge is 0.360 e. The minimum atomic E-state index is -0.534. The summed E-state index contributed by atoms with van der Waals surface area (Å²) in [5, 5.41) is 14.8. The first-order valence-electron chi connectivity index (χ1n) is 6.58. The summed E-state index contributed by atoms with van der Waals surface area (Å²) in [5.74, 6) is 2.91. The van der Waals surface area contributed by atoms with Gasteiger partial charge in [-0.25, -0.2) is 0 Å². The van der Waals surface area contributed by atoms with E-state index < -0.39 is 5.54 Å². The molecule has 0 aromatic carbocycles. The van der Waals surface area contributed by atoms with E-state index in [1.807, 2.05) is 20.8 Å². The number of hydrogen-bond acceptors (Lipinski definition) is 6. The van der Waals surface area contributed by atoms with Gasteiger partial charge >= 0.3 is 0 Å². The predicted octanol–water partition coefficient (Wildman–Crippen LogP) is 2.37. The summed E-state index contributed by atoms with van der Waals surface area (Å²) >= 11 is 2.82. The Hall–Kier alpha value is -1.26. The zero-order valence-electron chi connectivity index (χ0n) is 12.0. The summed E-state index contributed by atoms with van der Waals surface area (Å²) in [6, 6.07) is 0. The van der Waals surface area contributed by atoms with Crippen LogP contribution in [0.1, 0.15) is 33.6 Å². The number of terminal acetylenes is 1. The second kappa shape index (κ2) is 8.12. The van der Waals surface area contributed by atoms with Gasteiger partial charge in [0.1, 0.15) is 5.54 Å².